The molecular formula is C32H27NO. The van der Waals surface area contributed by atoms with E-state index in [4.69, 9.17) is 0 Å². The second-order valence-corrected chi connectivity index (χ2v) is 9.60. The summed E-state index contributed by atoms with van der Waals surface area (Å²) in [6.07, 6.45) is 0. The van der Waals surface area contributed by atoms with E-state index in [1.54, 1.807) is 0 Å². The van der Waals surface area contributed by atoms with Crippen molar-refractivity contribution in [3.05, 3.63) is 126 Å². The fourth-order valence-corrected chi connectivity index (χ4v) is 5.39. The summed E-state index contributed by atoms with van der Waals surface area (Å²) in [5.74, 6) is 0. The molecule has 34 heavy (non-hydrogen) atoms. The quantitative estimate of drug-likeness (QED) is 0.304. The summed E-state index contributed by atoms with van der Waals surface area (Å²) in [5.41, 5.74) is 9.45. The van der Waals surface area contributed by atoms with E-state index >= 15 is 0 Å². The first-order valence-electron chi connectivity index (χ1n) is 11.8. The van der Waals surface area contributed by atoms with E-state index in [0.29, 0.717) is 0 Å². The van der Waals surface area contributed by atoms with Crippen molar-refractivity contribution in [1.29, 1.82) is 0 Å². The first-order chi connectivity index (χ1) is 16.6. The zero-order valence-corrected chi connectivity index (χ0v) is 19.5. The number of hydrogen-bond acceptors (Lipinski definition) is 2. The number of nitrogens with zero attached hydrogens (tertiary/aromatic N) is 1. The standard InChI is InChI=1S/C32H27NO/c1-32(2)30-13-6-5-12-28(30)29-17-16-27(20-31(29)32)33(25-11-7-8-22(18-25)21-34)26-15-14-23-9-3-4-10-24(23)19-26/h3-20,34H,21H2,1-2H3. The maximum atomic E-state index is 9.80. The molecule has 2 heteroatoms. The lowest BCUT2D eigenvalue weighted by Crippen LogP contribution is -2.16. The number of anilines is 3. The van der Waals surface area contributed by atoms with Gasteiger partial charge in [0.2, 0.25) is 0 Å². The molecule has 0 aromatic heterocycles. The molecule has 0 amide bonds. The van der Waals surface area contributed by atoms with E-state index in [-0.39, 0.29) is 12.0 Å². The van der Waals surface area contributed by atoms with Gasteiger partial charge in [0.1, 0.15) is 0 Å². The molecule has 0 fully saturated rings. The van der Waals surface area contributed by atoms with Crippen LogP contribution in [0.2, 0.25) is 0 Å². The first-order valence-corrected chi connectivity index (χ1v) is 11.8. The van der Waals surface area contributed by atoms with Gasteiger partial charge in [-0.1, -0.05) is 86.6 Å². The molecule has 0 radical (unpaired) electrons. The predicted octanol–water partition coefficient (Wildman–Crippen LogP) is 8.11. The van der Waals surface area contributed by atoms with Gasteiger partial charge in [0, 0.05) is 22.5 Å². The molecule has 0 aliphatic heterocycles. The maximum Gasteiger partial charge on any atom is 0.0682 e. The Bertz CT molecular complexity index is 1530. The maximum absolute atomic E-state index is 9.80. The van der Waals surface area contributed by atoms with Crippen LogP contribution in [0.3, 0.4) is 0 Å². The van der Waals surface area contributed by atoms with E-state index in [0.717, 1.165) is 22.6 Å². The molecule has 5 aromatic carbocycles. The van der Waals surface area contributed by atoms with E-state index in [2.05, 4.69) is 116 Å². The third kappa shape index (κ3) is 3.22. The van der Waals surface area contributed by atoms with E-state index in [1.165, 1.54) is 33.0 Å². The topological polar surface area (TPSA) is 23.5 Å². The van der Waals surface area contributed by atoms with Crippen molar-refractivity contribution in [2.24, 2.45) is 0 Å². The van der Waals surface area contributed by atoms with Gasteiger partial charge >= 0.3 is 0 Å². The molecule has 6 rings (SSSR count). The third-order valence-corrected chi connectivity index (χ3v) is 7.17. The zero-order chi connectivity index (χ0) is 23.3. The third-order valence-electron chi connectivity index (χ3n) is 7.17. The van der Waals surface area contributed by atoms with Crippen LogP contribution in [0.25, 0.3) is 21.9 Å². The minimum Gasteiger partial charge on any atom is -0.392 e. The van der Waals surface area contributed by atoms with Crippen molar-refractivity contribution in [2.75, 3.05) is 4.90 Å². The Hall–Kier alpha value is -3.88. The normalized spacial score (nSPS) is 13.5. The number of rotatable bonds is 4. The van der Waals surface area contributed by atoms with Gasteiger partial charge < -0.3 is 10.0 Å². The molecule has 5 aromatic rings. The van der Waals surface area contributed by atoms with Crippen LogP contribution >= 0.6 is 0 Å². The average molecular weight is 442 g/mol. The highest BCUT2D eigenvalue weighted by molar-refractivity contribution is 5.90. The molecule has 0 bridgehead atoms. The van der Waals surface area contributed by atoms with Crippen molar-refractivity contribution in [3.8, 4) is 11.1 Å². The molecule has 166 valence electrons. The van der Waals surface area contributed by atoms with E-state index < -0.39 is 0 Å². The highest BCUT2D eigenvalue weighted by Gasteiger charge is 2.35. The van der Waals surface area contributed by atoms with Gasteiger partial charge in [0.05, 0.1) is 6.61 Å². The SMILES string of the molecule is CC1(C)c2ccccc2-c2ccc(N(c3cccc(CO)c3)c3ccc4ccccc4c3)cc21. The highest BCUT2D eigenvalue weighted by atomic mass is 16.3. The van der Waals surface area contributed by atoms with Crippen LogP contribution in [-0.4, -0.2) is 5.11 Å². The minimum absolute atomic E-state index is 0.0198. The average Bonchev–Trinajstić information content (AvgIpc) is 3.11. The number of aliphatic hydroxyl groups is 1. The van der Waals surface area contributed by atoms with E-state index in [9.17, 15) is 5.11 Å². The molecule has 0 saturated carbocycles. The Morgan fingerprint density at radius 3 is 2.12 bits per heavy atom. The number of benzene rings is 5. The van der Waals surface area contributed by atoms with Crippen molar-refractivity contribution in [1.82, 2.24) is 0 Å². The Labute approximate surface area is 200 Å². The summed E-state index contributed by atoms with van der Waals surface area (Å²) >= 11 is 0. The number of aliphatic hydroxyl groups excluding tert-OH is 1. The van der Waals surface area contributed by atoms with Crippen LogP contribution in [0.1, 0.15) is 30.5 Å². The second kappa shape index (κ2) is 7.86. The molecule has 0 unspecified atom stereocenters. The monoisotopic (exact) mass is 441 g/mol. The van der Waals surface area contributed by atoms with Crippen LogP contribution in [0.5, 0.6) is 0 Å². The predicted molar refractivity (Wildman–Crippen MR) is 142 cm³/mol. The molecule has 1 aliphatic rings. The van der Waals surface area contributed by atoms with Crippen molar-refractivity contribution >= 4 is 27.8 Å². The summed E-state index contributed by atoms with van der Waals surface area (Å²) in [6, 6.07) is 38.8. The van der Waals surface area contributed by atoms with Crippen molar-refractivity contribution in [3.63, 3.8) is 0 Å². The summed E-state index contributed by atoms with van der Waals surface area (Å²) < 4.78 is 0. The van der Waals surface area contributed by atoms with Gasteiger partial charge in [-0.25, -0.2) is 0 Å². The Morgan fingerprint density at radius 1 is 0.588 bits per heavy atom. The van der Waals surface area contributed by atoms with E-state index in [1.807, 2.05) is 12.1 Å². The van der Waals surface area contributed by atoms with Crippen molar-refractivity contribution < 1.29 is 5.11 Å². The Morgan fingerprint density at radius 2 is 1.26 bits per heavy atom. The molecule has 1 aliphatic carbocycles. The Balaban J connectivity index is 1.56. The molecule has 2 nitrogen and oxygen atoms in total. The summed E-state index contributed by atoms with van der Waals surface area (Å²) in [4.78, 5) is 2.30. The van der Waals surface area contributed by atoms with Crippen LogP contribution in [0.15, 0.2) is 109 Å². The fourth-order valence-electron chi connectivity index (χ4n) is 5.39. The smallest absolute Gasteiger partial charge is 0.0682 e. The minimum atomic E-state index is -0.0655. The lowest BCUT2D eigenvalue weighted by molar-refractivity contribution is 0.282. The molecule has 0 saturated heterocycles. The molecule has 0 atom stereocenters. The van der Waals surface area contributed by atoms with Gasteiger partial charge in [-0.3, -0.25) is 0 Å². The lowest BCUT2D eigenvalue weighted by Gasteiger charge is -2.28. The van der Waals surface area contributed by atoms with Crippen LogP contribution in [-0.2, 0) is 12.0 Å². The number of fused-ring (bicyclic) bond motifs is 4. The summed E-state index contributed by atoms with van der Waals surface area (Å²) in [5, 5.41) is 12.2. The number of hydrogen-bond donors (Lipinski definition) is 1. The van der Waals surface area contributed by atoms with Crippen LogP contribution < -0.4 is 4.90 Å². The molecule has 1 N–H and O–H groups in total. The molecule has 0 heterocycles. The van der Waals surface area contributed by atoms with Gasteiger partial charge in [0.25, 0.3) is 0 Å². The zero-order valence-electron chi connectivity index (χ0n) is 19.5. The summed E-state index contributed by atoms with van der Waals surface area (Å²) in [7, 11) is 0. The largest absolute Gasteiger partial charge is 0.392 e. The van der Waals surface area contributed by atoms with Gasteiger partial charge in [-0.05, 0) is 75.0 Å². The van der Waals surface area contributed by atoms with Gasteiger partial charge in [-0.15, -0.1) is 0 Å². The second-order valence-electron chi connectivity index (χ2n) is 9.60. The van der Waals surface area contributed by atoms with Crippen LogP contribution in [0.4, 0.5) is 17.1 Å². The first kappa shape index (κ1) is 20.7. The summed E-state index contributed by atoms with van der Waals surface area (Å²) in [6.45, 7) is 4.65. The van der Waals surface area contributed by atoms with Gasteiger partial charge in [0.15, 0.2) is 0 Å². The highest BCUT2D eigenvalue weighted by Crippen LogP contribution is 2.50. The molecule has 0 spiro atoms. The Kier molecular flexibility index (Phi) is 4.79. The fraction of sp³-hybridized carbons (Fsp3) is 0.125. The lowest BCUT2D eigenvalue weighted by atomic mass is 9.82. The van der Waals surface area contributed by atoms with Crippen LogP contribution in [0, 0.1) is 0 Å². The molecular weight excluding hydrogens is 414 g/mol. The van der Waals surface area contributed by atoms with Gasteiger partial charge in [-0.2, -0.15) is 0 Å². The van der Waals surface area contributed by atoms with Crippen molar-refractivity contribution in [2.45, 2.75) is 25.9 Å².